The van der Waals surface area contributed by atoms with Crippen LogP contribution < -0.4 is 16.0 Å². The summed E-state index contributed by atoms with van der Waals surface area (Å²) >= 11 is 0. The monoisotopic (exact) mass is 383 g/mol. The van der Waals surface area contributed by atoms with E-state index in [1.165, 1.54) is 6.92 Å². The number of anilines is 2. The fourth-order valence-corrected chi connectivity index (χ4v) is 2.39. The molecule has 0 unspecified atom stereocenters. The van der Waals surface area contributed by atoms with Crippen LogP contribution in [0.1, 0.15) is 20.8 Å². The molecule has 0 aliphatic heterocycles. The third-order valence-corrected chi connectivity index (χ3v) is 3.94. The number of para-hydroxylation sites is 2. The lowest BCUT2D eigenvalue weighted by Gasteiger charge is -2.23. The Morgan fingerprint density at radius 1 is 0.786 bits per heavy atom. The van der Waals surface area contributed by atoms with Gasteiger partial charge in [0.05, 0.1) is 0 Å². The minimum atomic E-state index is -1.01. The van der Waals surface area contributed by atoms with Crippen molar-refractivity contribution in [3.05, 3.63) is 60.7 Å². The van der Waals surface area contributed by atoms with Crippen molar-refractivity contribution >= 4 is 29.3 Å². The first-order chi connectivity index (χ1) is 13.4. The van der Waals surface area contributed by atoms with Gasteiger partial charge in [0.2, 0.25) is 0 Å². The molecule has 2 rings (SSSR count). The van der Waals surface area contributed by atoms with Gasteiger partial charge in [0.1, 0.15) is 6.04 Å². The van der Waals surface area contributed by atoms with Gasteiger partial charge in [-0.05, 0) is 37.1 Å². The standard InChI is InChI=1S/C21H25N3O4/c1-14(2)18(24-21(27)23-17-12-8-5-9-13-17)20(26)28-15(3)19(25)22-16-10-6-4-7-11-16/h4-15,18H,1-3H3,(H,22,25)(H2,23,24,27)/t15-,18-/m1/s1. The summed E-state index contributed by atoms with van der Waals surface area (Å²) in [5.41, 5.74) is 1.21. The van der Waals surface area contributed by atoms with Gasteiger partial charge in [0.25, 0.3) is 5.91 Å². The first-order valence-corrected chi connectivity index (χ1v) is 9.05. The maximum Gasteiger partial charge on any atom is 0.329 e. The molecular formula is C21H25N3O4. The Hall–Kier alpha value is -3.35. The van der Waals surface area contributed by atoms with E-state index in [-0.39, 0.29) is 5.92 Å². The lowest BCUT2D eigenvalue weighted by molar-refractivity contribution is -0.156. The maximum absolute atomic E-state index is 12.5. The van der Waals surface area contributed by atoms with E-state index in [1.54, 1.807) is 62.4 Å². The Kier molecular flexibility index (Phi) is 7.56. The molecule has 0 radical (unpaired) electrons. The maximum atomic E-state index is 12.5. The third-order valence-electron chi connectivity index (χ3n) is 3.94. The molecule has 0 bridgehead atoms. The summed E-state index contributed by atoms with van der Waals surface area (Å²) in [7, 11) is 0. The Bertz CT molecular complexity index is 794. The van der Waals surface area contributed by atoms with Gasteiger partial charge >= 0.3 is 12.0 Å². The molecule has 0 spiro atoms. The molecule has 2 aromatic carbocycles. The van der Waals surface area contributed by atoms with Gasteiger partial charge < -0.3 is 20.7 Å². The van der Waals surface area contributed by atoms with E-state index in [2.05, 4.69) is 16.0 Å². The minimum Gasteiger partial charge on any atom is -0.451 e. The Morgan fingerprint density at radius 2 is 1.29 bits per heavy atom. The Morgan fingerprint density at radius 3 is 1.79 bits per heavy atom. The predicted octanol–water partition coefficient (Wildman–Crippen LogP) is 3.40. The summed E-state index contributed by atoms with van der Waals surface area (Å²) in [6.45, 7) is 5.05. The van der Waals surface area contributed by atoms with E-state index < -0.39 is 30.1 Å². The molecule has 3 N–H and O–H groups in total. The van der Waals surface area contributed by atoms with Crippen molar-refractivity contribution < 1.29 is 19.1 Å². The van der Waals surface area contributed by atoms with Crippen molar-refractivity contribution in [1.82, 2.24) is 5.32 Å². The van der Waals surface area contributed by atoms with E-state index in [9.17, 15) is 14.4 Å². The number of ether oxygens (including phenoxy) is 1. The number of hydrogen-bond acceptors (Lipinski definition) is 4. The second-order valence-electron chi connectivity index (χ2n) is 6.62. The minimum absolute atomic E-state index is 0.224. The fraction of sp³-hybridized carbons (Fsp3) is 0.286. The topological polar surface area (TPSA) is 96.5 Å². The van der Waals surface area contributed by atoms with Gasteiger partial charge in [-0.1, -0.05) is 50.2 Å². The largest absolute Gasteiger partial charge is 0.451 e. The average molecular weight is 383 g/mol. The average Bonchev–Trinajstić information content (AvgIpc) is 2.67. The highest BCUT2D eigenvalue weighted by atomic mass is 16.5. The van der Waals surface area contributed by atoms with Crippen molar-refractivity contribution in [2.45, 2.75) is 32.9 Å². The number of carbonyl (C=O) groups is 3. The van der Waals surface area contributed by atoms with Crippen LogP contribution in [0.15, 0.2) is 60.7 Å². The number of esters is 1. The first-order valence-electron chi connectivity index (χ1n) is 9.05. The number of nitrogens with one attached hydrogen (secondary N) is 3. The van der Waals surface area contributed by atoms with Crippen LogP contribution in [-0.2, 0) is 14.3 Å². The summed E-state index contributed by atoms with van der Waals surface area (Å²) in [5.74, 6) is -1.34. The molecule has 0 saturated heterocycles. The SMILES string of the molecule is CC(C)[C@@H](NC(=O)Nc1ccccc1)C(=O)O[C@H](C)C(=O)Nc1ccccc1. The van der Waals surface area contributed by atoms with Gasteiger partial charge in [0.15, 0.2) is 6.10 Å². The van der Waals surface area contributed by atoms with Crippen LogP contribution in [0.3, 0.4) is 0 Å². The van der Waals surface area contributed by atoms with Crippen LogP contribution in [0.2, 0.25) is 0 Å². The number of benzene rings is 2. The van der Waals surface area contributed by atoms with Crippen molar-refractivity contribution in [2.75, 3.05) is 10.6 Å². The zero-order valence-electron chi connectivity index (χ0n) is 16.1. The molecule has 2 atom stereocenters. The molecule has 3 amide bonds. The second-order valence-corrected chi connectivity index (χ2v) is 6.62. The second kappa shape index (κ2) is 10.1. The van der Waals surface area contributed by atoms with Crippen LogP contribution in [0.25, 0.3) is 0 Å². The fourth-order valence-electron chi connectivity index (χ4n) is 2.39. The van der Waals surface area contributed by atoms with Gasteiger partial charge in [-0.25, -0.2) is 9.59 Å². The van der Waals surface area contributed by atoms with E-state index in [0.717, 1.165) is 0 Å². The zero-order valence-corrected chi connectivity index (χ0v) is 16.1. The molecule has 7 nitrogen and oxygen atoms in total. The summed E-state index contributed by atoms with van der Waals surface area (Å²) in [5, 5.41) is 7.93. The third kappa shape index (κ3) is 6.42. The lowest BCUT2D eigenvalue weighted by Crippen LogP contribution is -2.48. The normalized spacial score (nSPS) is 12.6. The molecule has 0 aliphatic carbocycles. The highest BCUT2D eigenvalue weighted by molar-refractivity contribution is 5.96. The van der Waals surface area contributed by atoms with Crippen molar-refractivity contribution in [2.24, 2.45) is 5.92 Å². The van der Waals surface area contributed by atoms with Crippen LogP contribution in [0.4, 0.5) is 16.2 Å². The molecule has 0 saturated carbocycles. The van der Waals surface area contributed by atoms with Gasteiger partial charge in [-0.2, -0.15) is 0 Å². The van der Waals surface area contributed by atoms with Crippen LogP contribution in [0, 0.1) is 5.92 Å². The zero-order chi connectivity index (χ0) is 20.5. The molecule has 0 aromatic heterocycles. The molecule has 148 valence electrons. The Labute approximate surface area is 164 Å². The molecule has 0 aliphatic rings. The number of carbonyl (C=O) groups excluding carboxylic acids is 3. The number of hydrogen-bond donors (Lipinski definition) is 3. The van der Waals surface area contributed by atoms with Crippen molar-refractivity contribution in [3.8, 4) is 0 Å². The molecular weight excluding hydrogens is 358 g/mol. The van der Waals surface area contributed by atoms with Crippen LogP contribution in [0.5, 0.6) is 0 Å². The van der Waals surface area contributed by atoms with Gasteiger partial charge in [0, 0.05) is 11.4 Å². The summed E-state index contributed by atoms with van der Waals surface area (Å²) in [6, 6.07) is 16.3. The van der Waals surface area contributed by atoms with Crippen molar-refractivity contribution in [1.29, 1.82) is 0 Å². The highest BCUT2D eigenvalue weighted by Gasteiger charge is 2.29. The van der Waals surface area contributed by atoms with E-state index in [4.69, 9.17) is 4.74 Å². The van der Waals surface area contributed by atoms with Crippen LogP contribution >= 0.6 is 0 Å². The number of urea groups is 1. The van der Waals surface area contributed by atoms with E-state index in [1.807, 2.05) is 12.1 Å². The number of rotatable bonds is 7. The summed E-state index contributed by atoms with van der Waals surface area (Å²) < 4.78 is 5.27. The lowest BCUT2D eigenvalue weighted by atomic mass is 10.0. The first kappa shape index (κ1) is 21.0. The van der Waals surface area contributed by atoms with Crippen molar-refractivity contribution in [3.63, 3.8) is 0 Å². The smallest absolute Gasteiger partial charge is 0.329 e. The predicted molar refractivity (Wildman–Crippen MR) is 108 cm³/mol. The van der Waals surface area contributed by atoms with Gasteiger partial charge in [-0.15, -0.1) is 0 Å². The molecule has 28 heavy (non-hydrogen) atoms. The molecule has 2 aromatic rings. The quantitative estimate of drug-likeness (QED) is 0.639. The molecule has 0 fully saturated rings. The van der Waals surface area contributed by atoms with E-state index in [0.29, 0.717) is 11.4 Å². The Balaban J connectivity index is 1.92. The molecule has 7 heteroatoms. The van der Waals surface area contributed by atoms with Crippen LogP contribution in [-0.4, -0.2) is 30.1 Å². The highest BCUT2D eigenvalue weighted by Crippen LogP contribution is 2.10. The summed E-state index contributed by atoms with van der Waals surface area (Å²) in [4.78, 5) is 36.9. The van der Waals surface area contributed by atoms with E-state index >= 15 is 0 Å². The summed E-state index contributed by atoms with van der Waals surface area (Å²) in [6.07, 6.45) is -1.01. The van der Waals surface area contributed by atoms with Gasteiger partial charge in [-0.3, -0.25) is 4.79 Å². The number of amides is 3. The molecule has 0 heterocycles.